The van der Waals surface area contributed by atoms with Crippen molar-refractivity contribution in [1.29, 1.82) is 0 Å². The molecular formula is C27H32N2O4. The Morgan fingerprint density at radius 2 is 1.73 bits per heavy atom. The molecule has 1 N–H and O–H groups in total. The van der Waals surface area contributed by atoms with E-state index in [4.69, 9.17) is 9.15 Å². The predicted octanol–water partition coefficient (Wildman–Crippen LogP) is 4.17. The van der Waals surface area contributed by atoms with Crippen molar-refractivity contribution in [3.8, 4) is 0 Å². The summed E-state index contributed by atoms with van der Waals surface area (Å²) in [6.45, 7) is 7.66. The number of carbonyl (C=O) groups excluding carboxylic acids is 1. The van der Waals surface area contributed by atoms with Crippen molar-refractivity contribution in [2.45, 2.75) is 51.0 Å². The average Bonchev–Trinajstić information content (AvgIpc) is 3.24. The SMILES string of the molecule is C[C@@H]1CN(C(=O)c2cc3cc(C4(O)CCN(Cc5ccccc5)CC4)ccc3o2)C[C@H](C)O1. The Kier molecular flexibility index (Phi) is 5.99. The third-order valence-electron chi connectivity index (χ3n) is 6.90. The second-order valence-corrected chi connectivity index (χ2v) is 9.62. The second-order valence-electron chi connectivity index (χ2n) is 9.62. The molecule has 0 aliphatic carbocycles. The van der Waals surface area contributed by atoms with Crippen LogP contribution in [0.2, 0.25) is 0 Å². The summed E-state index contributed by atoms with van der Waals surface area (Å²) in [6, 6.07) is 18.0. The van der Waals surface area contributed by atoms with Crippen molar-refractivity contribution in [3.63, 3.8) is 0 Å². The molecule has 0 saturated carbocycles. The highest BCUT2D eigenvalue weighted by Crippen LogP contribution is 2.35. The highest BCUT2D eigenvalue weighted by Gasteiger charge is 2.34. The maximum Gasteiger partial charge on any atom is 0.289 e. The molecule has 2 aliphatic heterocycles. The van der Waals surface area contributed by atoms with Gasteiger partial charge in [-0.25, -0.2) is 0 Å². The molecule has 2 aromatic carbocycles. The zero-order valence-electron chi connectivity index (χ0n) is 19.4. The Bertz CT molecular complexity index is 1110. The number of furan rings is 1. The van der Waals surface area contributed by atoms with E-state index in [1.807, 2.05) is 38.1 Å². The largest absolute Gasteiger partial charge is 0.451 e. The number of nitrogens with zero attached hydrogens (tertiary/aromatic N) is 2. The monoisotopic (exact) mass is 448 g/mol. The number of hydrogen-bond donors (Lipinski definition) is 1. The van der Waals surface area contributed by atoms with Crippen LogP contribution in [0, 0.1) is 0 Å². The van der Waals surface area contributed by atoms with E-state index < -0.39 is 5.60 Å². The summed E-state index contributed by atoms with van der Waals surface area (Å²) in [5, 5.41) is 12.3. The van der Waals surface area contributed by atoms with Crippen LogP contribution in [-0.4, -0.2) is 59.2 Å². The van der Waals surface area contributed by atoms with Crippen LogP contribution in [-0.2, 0) is 16.9 Å². The number of amides is 1. The lowest BCUT2D eigenvalue weighted by molar-refractivity contribution is -0.0591. The summed E-state index contributed by atoms with van der Waals surface area (Å²) < 4.78 is 11.6. The molecule has 2 aliphatic rings. The molecule has 3 aromatic rings. The van der Waals surface area contributed by atoms with E-state index in [1.54, 1.807) is 11.0 Å². The van der Waals surface area contributed by atoms with E-state index in [0.717, 1.165) is 30.6 Å². The van der Waals surface area contributed by atoms with Gasteiger partial charge in [-0.1, -0.05) is 36.4 Å². The molecular weight excluding hydrogens is 416 g/mol. The van der Waals surface area contributed by atoms with Crippen LogP contribution >= 0.6 is 0 Å². The fraction of sp³-hybridized carbons (Fsp3) is 0.444. The number of rotatable bonds is 4. The van der Waals surface area contributed by atoms with Crippen molar-refractivity contribution in [3.05, 3.63) is 71.5 Å². The smallest absolute Gasteiger partial charge is 0.289 e. The van der Waals surface area contributed by atoms with Crippen LogP contribution < -0.4 is 0 Å². The molecule has 0 radical (unpaired) electrons. The van der Waals surface area contributed by atoms with Crippen LogP contribution in [0.15, 0.2) is 59.0 Å². The fourth-order valence-corrected chi connectivity index (χ4v) is 5.15. The minimum atomic E-state index is -0.863. The van der Waals surface area contributed by atoms with E-state index in [-0.39, 0.29) is 18.1 Å². The first-order valence-corrected chi connectivity index (χ1v) is 11.9. The summed E-state index contributed by atoms with van der Waals surface area (Å²) in [4.78, 5) is 17.2. The average molecular weight is 449 g/mol. The first-order chi connectivity index (χ1) is 15.9. The quantitative estimate of drug-likeness (QED) is 0.649. The van der Waals surface area contributed by atoms with Gasteiger partial charge in [-0.2, -0.15) is 0 Å². The number of carbonyl (C=O) groups is 1. The van der Waals surface area contributed by atoms with Crippen molar-refractivity contribution >= 4 is 16.9 Å². The van der Waals surface area contributed by atoms with Crippen LogP contribution in [0.25, 0.3) is 11.0 Å². The lowest BCUT2D eigenvalue weighted by Crippen LogP contribution is -2.48. The van der Waals surface area contributed by atoms with Crippen molar-refractivity contribution in [2.24, 2.45) is 0 Å². The van der Waals surface area contributed by atoms with Crippen LogP contribution in [0.3, 0.4) is 0 Å². The van der Waals surface area contributed by atoms with Gasteiger partial charge in [0.15, 0.2) is 5.76 Å². The normalized spacial score (nSPS) is 23.7. The summed E-state index contributed by atoms with van der Waals surface area (Å²) in [6.07, 6.45) is 1.38. The Balaban J connectivity index is 1.29. The molecule has 2 saturated heterocycles. The van der Waals surface area contributed by atoms with Gasteiger partial charge in [0.1, 0.15) is 5.58 Å². The summed E-state index contributed by atoms with van der Waals surface area (Å²) >= 11 is 0. The number of aliphatic hydroxyl groups is 1. The Labute approximate surface area is 194 Å². The number of ether oxygens (including phenoxy) is 1. The van der Waals surface area contributed by atoms with Gasteiger partial charge in [0.25, 0.3) is 5.91 Å². The molecule has 1 amide bonds. The Morgan fingerprint density at radius 3 is 2.42 bits per heavy atom. The predicted molar refractivity (Wildman–Crippen MR) is 127 cm³/mol. The molecule has 0 unspecified atom stereocenters. The van der Waals surface area contributed by atoms with E-state index in [2.05, 4.69) is 29.2 Å². The van der Waals surface area contributed by atoms with E-state index in [9.17, 15) is 9.90 Å². The zero-order chi connectivity index (χ0) is 23.0. The number of fused-ring (bicyclic) bond motifs is 1. The molecule has 2 fully saturated rings. The lowest BCUT2D eigenvalue weighted by Gasteiger charge is -2.38. The van der Waals surface area contributed by atoms with Gasteiger partial charge >= 0.3 is 0 Å². The highest BCUT2D eigenvalue weighted by molar-refractivity contribution is 5.96. The topological polar surface area (TPSA) is 66.2 Å². The standard InChI is InChI=1S/C27H32N2O4/c1-19-16-29(17-20(2)32-19)26(30)25-15-22-14-23(8-9-24(22)33-25)27(31)10-12-28(13-11-27)18-21-6-4-3-5-7-21/h3-9,14-15,19-20,31H,10-13,16-18H2,1-2H3/t19-,20+. The summed E-state index contributed by atoms with van der Waals surface area (Å²) in [7, 11) is 0. The molecule has 0 bridgehead atoms. The number of likely N-dealkylation sites (tertiary alicyclic amines) is 1. The molecule has 5 rings (SSSR count). The first-order valence-electron chi connectivity index (χ1n) is 11.9. The van der Waals surface area contributed by atoms with Crippen molar-refractivity contribution < 1.29 is 19.1 Å². The van der Waals surface area contributed by atoms with Gasteiger partial charge < -0.3 is 19.2 Å². The number of hydrogen-bond acceptors (Lipinski definition) is 5. The molecule has 6 nitrogen and oxygen atoms in total. The van der Waals surface area contributed by atoms with Crippen LogP contribution in [0.4, 0.5) is 0 Å². The van der Waals surface area contributed by atoms with Crippen molar-refractivity contribution in [2.75, 3.05) is 26.2 Å². The number of piperidine rings is 1. The first kappa shape index (κ1) is 22.1. The molecule has 1 aromatic heterocycles. The maximum atomic E-state index is 13.0. The summed E-state index contributed by atoms with van der Waals surface area (Å²) in [5.41, 5.74) is 1.99. The Hall–Kier alpha value is -2.67. The number of morpholine rings is 1. The zero-order valence-corrected chi connectivity index (χ0v) is 19.4. The van der Waals surface area contributed by atoms with Crippen LogP contribution in [0.1, 0.15) is 48.4 Å². The van der Waals surface area contributed by atoms with Crippen LogP contribution in [0.5, 0.6) is 0 Å². The minimum Gasteiger partial charge on any atom is -0.451 e. The van der Waals surface area contributed by atoms with Gasteiger partial charge in [0, 0.05) is 38.1 Å². The third kappa shape index (κ3) is 4.69. The molecule has 3 heterocycles. The number of benzene rings is 2. The molecule has 33 heavy (non-hydrogen) atoms. The Morgan fingerprint density at radius 1 is 1.03 bits per heavy atom. The second kappa shape index (κ2) is 8.93. The van der Waals surface area contributed by atoms with Crippen molar-refractivity contribution in [1.82, 2.24) is 9.80 Å². The van der Waals surface area contributed by atoms with Gasteiger partial charge in [0.05, 0.1) is 17.8 Å². The molecule has 2 atom stereocenters. The van der Waals surface area contributed by atoms with Gasteiger partial charge in [0.2, 0.25) is 0 Å². The molecule has 174 valence electrons. The van der Waals surface area contributed by atoms with Gasteiger partial charge in [-0.15, -0.1) is 0 Å². The van der Waals surface area contributed by atoms with Gasteiger partial charge in [-0.05, 0) is 56.0 Å². The lowest BCUT2D eigenvalue weighted by atomic mass is 9.84. The minimum absolute atomic E-state index is 0.00989. The van der Waals surface area contributed by atoms with E-state index in [1.165, 1.54) is 5.56 Å². The molecule has 0 spiro atoms. The van der Waals surface area contributed by atoms with Gasteiger partial charge in [-0.3, -0.25) is 9.69 Å². The van der Waals surface area contributed by atoms with E-state index in [0.29, 0.717) is 37.3 Å². The summed E-state index contributed by atoms with van der Waals surface area (Å²) in [5.74, 6) is 0.232. The highest BCUT2D eigenvalue weighted by atomic mass is 16.5. The fourth-order valence-electron chi connectivity index (χ4n) is 5.15. The maximum absolute atomic E-state index is 13.0. The van der Waals surface area contributed by atoms with E-state index >= 15 is 0 Å². The molecule has 6 heteroatoms. The third-order valence-corrected chi connectivity index (χ3v) is 6.90.